The summed E-state index contributed by atoms with van der Waals surface area (Å²) in [7, 11) is 3.83. The number of nitrogens with one attached hydrogen (secondary N) is 1. The van der Waals surface area contributed by atoms with E-state index in [9.17, 15) is 4.39 Å². The maximum absolute atomic E-state index is 14.3. The van der Waals surface area contributed by atoms with Crippen molar-refractivity contribution in [2.75, 3.05) is 19.0 Å². The van der Waals surface area contributed by atoms with Crippen LogP contribution in [0.1, 0.15) is 29.7 Å². The van der Waals surface area contributed by atoms with Gasteiger partial charge in [0.25, 0.3) is 0 Å². The van der Waals surface area contributed by atoms with Crippen LogP contribution in [0.25, 0.3) is 0 Å². The van der Waals surface area contributed by atoms with Crippen LogP contribution in [0.2, 0.25) is 0 Å². The summed E-state index contributed by atoms with van der Waals surface area (Å²) in [5, 5.41) is 3.18. The number of nitrogens with zero attached hydrogens (tertiary/aromatic N) is 1. The molecule has 0 aliphatic rings. The van der Waals surface area contributed by atoms with E-state index in [0.29, 0.717) is 12.2 Å². The highest BCUT2D eigenvalue weighted by Gasteiger charge is 2.16. The highest BCUT2D eigenvalue weighted by atomic mass is 19.1. The molecule has 3 heteroatoms. The fourth-order valence-electron chi connectivity index (χ4n) is 2.60. The smallest absolute Gasteiger partial charge is 0.146 e. The highest BCUT2D eigenvalue weighted by Crippen LogP contribution is 2.29. The van der Waals surface area contributed by atoms with Crippen LogP contribution in [0.5, 0.6) is 0 Å². The maximum atomic E-state index is 14.3. The predicted octanol–water partition coefficient (Wildman–Crippen LogP) is 4.05. The van der Waals surface area contributed by atoms with Gasteiger partial charge in [0.1, 0.15) is 5.82 Å². The molecule has 1 unspecified atom stereocenters. The Balaban J connectivity index is 2.32. The molecule has 0 aromatic heterocycles. The number of hydrogen-bond donors (Lipinski definition) is 1. The molecule has 2 rings (SSSR count). The molecule has 0 saturated heterocycles. The van der Waals surface area contributed by atoms with Crippen molar-refractivity contribution in [1.82, 2.24) is 5.32 Å². The van der Waals surface area contributed by atoms with Crippen LogP contribution < -0.4 is 10.2 Å². The Morgan fingerprint density at radius 3 is 2.57 bits per heavy atom. The number of halogens is 1. The molecule has 2 aromatic carbocycles. The third-order valence-corrected chi connectivity index (χ3v) is 3.80. The first-order chi connectivity index (χ1) is 10.0. The van der Waals surface area contributed by atoms with Crippen molar-refractivity contribution in [3.05, 3.63) is 65.0 Å². The first-order valence-electron chi connectivity index (χ1n) is 7.25. The number of aryl methyl sites for hydroxylation is 1. The number of anilines is 1. The average Bonchev–Trinajstić information content (AvgIpc) is 2.46. The second-order valence-corrected chi connectivity index (χ2v) is 5.53. The Kier molecular flexibility index (Phi) is 4.97. The van der Waals surface area contributed by atoms with Gasteiger partial charge >= 0.3 is 0 Å². The highest BCUT2D eigenvalue weighted by molar-refractivity contribution is 5.56. The van der Waals surface area contributed by atoms with Crippen LogP contribution in [-0.4, -0.2) is 14.1 Å². The number of hydrogen-bond acceptors (Lipinski definition) is 2. The van der Waals surface area contributed by atoms with Crippen molar-refractivity contribution in [2.45, 2.75) is 26.4 Å². The van der Waals surface area contributed by atoms with Gasteiger partial charge in [0.15, 0.2) is 0 Å². The fourth-order valence-corrected chi connectivity index (χ4v) is 2.60. The molecular formula is C18H23FN2. The van der Waals surface area contributed by atoms with Crippen molar-refractivity contribution < 1.29 is 4.39 Å². The number of rotatable bonds is 5. The number of para-hydroxylation sites is 1. The van der Waals surface area contributed by atoms with Crippen LogP contribution in [0, 0.1) is 12.7 Å². The Morgan fingerprint density at radius 2 is 1.90 bits per heavy atom. The van der Waals surface area contributed by atoms with Crippen molar-refractivity contribution in [2.24, 2.45) is 0 Å². The van der Waals surface area contributed by atoms with Crippen LogP contribution in [0.4, 0.5) is 10.1 Å². The topological polar surface area (TPSA) is 15.3 Å². The van der Waals surface area contributed by atoms with Gasteiger partial charge in [-0.15, -0.1) is 0 Å². The molecule has 0 aliphatic carbocycles. The molecule has 0 saturated carbocycles. The SMILES string of the molecule is CNC(C)c1cccc(F)c1N(C)Cc1cccc(C)c1. The summed E-state index contributed by atoms with van der Waals surface area (Å²) in [6, 6.07) is 13.7. The zero-order chi connectivity index (χ0) is 15.4. The Labute approximate surface area is 126 Å². The molecule has 0 aliphatic heterocycles. The van der Waals surface area contributed by atoms with Crippen LogP contribution >= 0.6 is 0 Å². The van der Waals surface area contributed by atoms with E-state index in [-0.39, 0.29) is 11.9 Å². The molecule has 2 aromatic rings. The van der Waals surface area contributed by atoms with Gasteiger partial charge < -0.3 is 10.2 Å². The molecule has 0 fully saturated rings. The summed E-state index contributed by atoms with van der Waals surface area (Å²) in [5.41, 5.74) is 4.05. The zero-order valence-electron chi connectivity index (χ0n) is 13.2. The normalized spacial score (nSPS) is 12.2. The van der Waals surface area contributed by atoms with Gasteiger partial charge in [-0.05, 0) is 38.1 Å². The fraction of sp³-hybridized carbons (Fsp3) is 0.333. The van der Waals surface area contributed by atoms with Gasteiger partial charge in [0.05, 0.1) is 5.69 Å². The molecule has 0 bridgehead atoms. The van der Waals surface area contributed by atoms with E-state index in [4.69, 9.17) is 0 Å². The summed E-state index contributed by atoms with van der Waals surface area (Å²) in [4.78, 5) is 1.98. The quantitative estimate of drug-likeness (QED) is 0.892. The first-order valence-corrected chi connectivity index (χ1v) is 7.25. The molecule has 1 atom stereocenters. The lowest BCUT2D eigenvalue weighted by molar-refractivity contribution is 0.602. The Bertz CT molecular complexity index is 610. The molecule has 0 spiro atoms. The summed E-state index contributed by atoms with van der Waals surface area (Å²) in [6.07, 6.45) is 0. The first kappa shape index (κ1) is 15.5. The Morgan fingerprint density at radius 1 is 1.19 bits per heavy atom. The Hall–Kier alpha value is -1.87. The maximum Gasteiger partial charge on any atom is 0.146 e. The van der Waals surface area contributed by atoms with Crippen LogP contribution in [0.3, 0.4) is 0 Å². The molecule has 2 nitrogen and oxygen atoms in total. The van der Waals surface area contributed by atoms with Gasteiger partial charge in [0, 0.05) is 19.6 Å². The minimum absolute atomic E-state index is 0.107. The van der Waals surface area contributed by atoms with Crippen LogP contribution in [-0.2, 0) is 6.54 Å². The largest absolute Gasteiger partial charge is 0.368 e. The lowest BCUT2D eigenvalue weighted by Gasteiger charge is -2.25. The van der Waals surface area contributed by atoms with Crippen molar-refractivity contribution in [3.63, 3.8) is 0 Å². The van der Waals surface area contributed by atoms with Gasteiger partial charge in [-0.3, -0.25) is 0 Å². The summed E-state index contributed by atoms with van der Waals surface area (Å²) in [5.74, 6) is -0.176. The van der Waals surface area contributed by atoms with Crippen molar-refractivity contribution >= 4 is 5.69 Å². The molecule has 0 amide bonds. The third-order valence-electron chi connectivity index (χ3n) is 3.80. The molecule has 0 radical (unpaired) electrons. The molecule has 112 valence electrons. The minimum atomic E-state index is -0.176. The monoisotopic (exact) mass is 286 g/mol. The molecular weight excluding hydrogens is 263 g/mol. The van der Waals surface area contributed by atoms with Crippen molar-refractivity contribution in [1.29, 1.82) is 0 Å². The minimum Gasteiger partial charge on any atom is -0.368 e. The predicted molar refractivity (Wildman–Crippen MR) is 87.2 cm³/mol. The molecule has 0 heterocycles. The van der Waals surface area contributed by atoms with Gasteiger partial charge in [-0.25, -0.2) is 4.39 Å². The second kappa shape index (κ2) is 6.72. The van der Waals surface area contributed by atoms with Gasteiger partial charge in [-0.1, -0.05) is 42.0 Å². The van der Waals surface area contributed by atoms with Crippen LogP contribution in [0.15, 0.2) is 42.5 Å². The van der Waals surface area contributed by atoms with E-state index in [1.54, 1.807) is 6.07 Å². The lowest BCUT2D eigenvalue weighted by atomic mass is 10.0. The lowest BCUT2D eigenvalue weighted by Crippen LogP contribution is -2.22. The van der Waals surface area contributed by atoms with Gasteiger partial charge in [-0.2, -0.15) is 0 Å². The summed E-state index contributed by atoms with van der Waals surface area (Å²) < 4.78 is 14.3. The van der Waals surface area contributed by atoms with E-state index in [1.165, 1.54) is 17.2 Å². The standard InChI is InChI=1S/C18H23FN2/c1-13-7-5-8-15(11-13)12-21(4)18-16(14(2)20-3)9-6-10-17(18)19/h5-11,14,20H,12H2,1-4H3. The average molecular weight is 286 g/mol. The third kappa shape index (κ3) is 3.61. The van der Waals surface area contributed by atoms with Crippen molar-refractivity contribution in [3.8, 4) is 0 Å². The zero-order valence-corrected chi connectivity index (χ0v) is 13.2. The van der Waals surface area contributed by atoms with E-state index in [2.05, 4.69) is 30.4 Å². The van der Waals surface area contributed by atoms with E-state index < -0.39 is 0 Å². The molecule has 1 N–H and O–H groups in total. The molecule has 21 heavy (non-hydrogen) atoms. The van der Waals surface area contributed by atoms with E-state index in [1.807, 2.05) is 38.1 Å². The van der Waals surface area contributed by atoms with Gasteiger partial charge in [0.2, 0.25) is 0 Å². The van der Waals surface area contributed by atoms with E-state index >= 15 is 0 Å². The van der Waals surface area contributed by atoms with E-state index in [0.717, 1.165) is 5.56 Å². The number of benzene rings is 2. The summed E-state index contributed by atoms with van der Waals surface area (Å²) in [6.45, 7) is 4.80. The summed E-state index contributed by atoms with van der Waals surface area (Å²) >= 11 is 0. The second-order valence-electron chi connectivity index (χ2n) is 5.53.